The van der Waals surface area contributed by atoms with Gasteiger partial charge in [-0.1, -0.05) is 0 Å². The molecular formula is AgInOSn. The van der Waals surface area contributed by atoms with Gasteiger partial charge >= 0.3 is 24.3 Å². The Balaban J connectivity index is -0.00000000500. The van der Waals surface area contributed by atoms with Crippen LogP contribution in [0.1, 0.15) is 0 Å². The van der Waals surface area contributed by atoms with Crippen LogP contribution in [-0.2, 0) is 24.3 Å². The van der Waals surface area contributed by atoms with E-state index in [2.05, 4.69) is 0 Å². The zero-order valence-corrected chi connectivity index (χ0v) is 9.42. The Morgan fingerprint density at radius 2 is 1.25 bits per heavy atom. The molecule has 0 spiro atoms. The van der Waals surface area contributed by atoms with Gasteiger partial charge in [0.25, 0.3) is 0 Å². The SMILES string of the molecule is [In].[O]=[Ag].[Sn]. The summed E-state index contributed by atoms with van der Waals surface area (Å²) >= 11 is 1.70. The van der Waals surface area contributed by atoms with Gasteiger partial charge in [-0.25, -0.2) is 0 Å². The predicted octanol–water partition coefficient (Wildman–Crippen LogP) is -0.883. The van der Waals surface area contributed by atoms with Crippen LogP contribution in [0.3, 0.4) is 0 Å². The van der Waals surface area contributed by atoms with E-state index in [1.165, 1.54) is 0 Å². The van der Waals surface area contributed by atoms with Gasteiger partial charge in [-0.2, -0.15) is 0 Å². The molecule has 4 heavy (non-hydrogen) atoms. The van der Waals surface area contributed by atoms with Crippen molar-refractivity contribution in [3.8, 4) is 0 Å². The maximum atomic E-state index is 8.06. The van der Waals surface area contributed by atoms with E-state index in [4.69, 9.17) is 3.25 Å². The van der Waals surface area contributed by atoms with Crippen LogP contribution in [0.5, 0.6) is 0 Å². The van der Waals surface area contributed by atoms with E-state index in [-0.39, 0.29) is 49.8 Å². The first-order valence-corrected chi connectivity index (χ1v) is 0.728. The fourth-order valence-corrected chi connectivity index (χ4v) is 0. The van der Waals surface area contributed by atoms with Crippen LogP contribution < -0.4 is 0 Å². The molecule has 7 radical (unpaired) electrons. The number of hydrogen-bond acceptors (Lipinski definition) is 1. The summed E-state index contributed by atoms with van der Waals surface area (Å²) < 4.78 is 8.06. The fraction of sp³-hybridized carbons (Fsp3) is 0. The molecule has 0 amide bonds. The molecule has 0 saturated carbocycles. The van der Waals surface area contributed by atoms with Crippen molar-refractivity contribution in [1.82, 2.24) is 0 Å². The summed E-state index contributed by atoms with van der Waals surface area (Å²) in [6.45, 7) is 0. The van der Waals surface area contributed by atoms with Crippen molar-refractivity contribution in [2.24, 2.45) is 0 Å². The van der Waals surface area contributed by atoms with Gasteiger partial charge in [0, 0.05) is 49.8 Å². The Hall–Kier alpha value is 2.21. The minimum absolute atomic E-state index is 0. The first kappa shape index (κ1) is 16.4. The minimum atomic E-state index is 0. The number of rotatable bonds is 0. The average molecular weight is 357 g/mol. The third kappa shape index (κ3) is 8.88. The molecule has 0 aliphatic heterocycles. The van der Waals surface area contributed by atoms with Crippen molar-refractivity contribution in [1.29, 1.82) is 0 Å². The van der Waals surface area contributed by atoms with Crippen LogP contribution >= 0.6 is 0 Å². The molecule has 0 rings (SSSR count). The van der Waals surface area contributed by atoms with Crippen LogP contribution in [0.25, 0.3) is 0 Å². The zero-order valence-electron chi connectivity index (χ0n) is 1.79. The van der Waals surface area contributed by atoms with Gasteiger partial charge in [0.1, 0.15) is 0 Å². The van der Waals surface area contributed by atoms with E-state index < -0.39 is 0 Å². The second kappa shape index (κ2) is 18.9. The van der Waals surface area contributed by atoms with E-state index >= 15 is 0 Å². The van der Waals surface area contributed by atoms with Crippen molar-refractivity contribution in [2.45, 2.75) is 0 Å². The molecule has 0 saturated heterocycles. The summed E-state index contributed by atoms with van der Waals surface area (Å²) in [6.07, 6.45) is 0. The molecule has 0 aromatic rings. The standard InChI is InChI=1S/Ag.In.O.Sn. The van der Waals surface area contributed by atoms with E-state index in [1.54, 1.807) is 21.0 Å². The maximum absolute atomic E-state index is 8.06. The van der Waals surface area contributed by atoms with Gasteiger partial charge in [0.05, 0.1) is 0 Å². The molecule has 1 nitrogen and oxygen atoms in total. The molecule has 0 fully saturated rings. The smallest absolute Gasteiger partial charge is 0 e. The van der Waals surface area contributed by atoms with Crippen LogP contribution in [0.2, 0.25) is 0 Å². The average Bonchev–Trinajstić information content (AvgIpc) is 1.00. The van der Waals surface area contributed by atoms with Crippen LogP contribution in [0.15, 0.2) is 0 Å². The second-order valence-electron chi connectivity index (χ2n) is 0. The molecule has 0 heterocycles. The predicted molar refractivity (Wildman–Crippen MR) is 12.2 cm³/mol. The largest absolute Gasteiger partial charge is 0 e. The first-order valence-electron chi connectivity index (χ1n) is 0.123. The second-order valence-corrected chi connectivity index (χ2v) is 0. The molecular weight excluding hydrogens is 357 g/mol. The third-order valence-electron chi connectivity index (χ3n) is 0. The summed E-state index contributed by atoms with van der Waals surface area (Å²) in [4.78, 5) is 0. The summed E-state index contributed by atoms with van der Waals surface area (Å²) in [5.41, 5.74) is 0. The minimum Gasteiger partial charge on any atom is 0 e. The monoisotopic (exact) mass is 358 g/mol. The molecule has 0 aromatic heterocycles. The molecule has 0 bridgehead atoms. The van der Waals surface area contributed by atoms with Crippen molar-refractivity contribution in [3.63, 3.8) is 0 Å². The van der Waals surface area contributed by atoms with E-state index in [0.29, 0.717) is 0 Å². The molecule has 0 atom stereocenters. The Labute approximate surface area is 72.9 Å². The van der Waals surface area contributed by atoms with Crippen molar-refractivity contribution < 1.29 is 24.3 Å². The van der Waals surface area contributed by atoms with Gasteiger partial charge in [-0.15, -0.1) is 0 Å². The van der Waals surface area contributed by atoms with Gasteiger partial charge < -0.3 is 0 Å². The van der Waals surface area contributed by atoms with E-state index in [1.807, 2.05) is 0 Å². The molecule has 0 unspecified atom stereocenters. The zero-order chi connectivity index (χ0) is 2.00. The summed E-state index contributed by atoms with van der Waals surface area (Å²) in [5.74, 6) is 0. The molecule has 0 aliphatic rings. The summed E-state index contributed by atoms with van der Waals surface area (Å²) in [7, 11) is 0. The Kier molecular flexibility index (Phi) is 77.3. The molecule has 24 valence electrons. The van der Waals surface area contributed by atoms with Gasteiger partial charge in [-0.3, -0.25) is 0 Å². The van der Waals surface area contributed by atoms with E-state index in [9.17, 15) is 0 Å². The van der Waals surface area contributed by atoms with Crippen LogP contribution in [0.4, 0.5) is 0 Å². The van der Waals surface area contributed by atoms with Crippen molar-refractivity contribution in [2.75, 3.05) is 0 Å². The van der Waals surface area contributed by atoms with Crippen molar-refractivity contribution in [3.05, 3.63) is 0 Å². The molecule has 0 aliphatic carbocycles. The Morgan fingerprint density at radius 3 is 1.25 bits per heavy atom. The normalized spacial score (nSPS) is 1.50. The molecule has 4 heteroatoms. The molecule has 0 N–H and O–H groups in total. The summed E-state index contributed by atoms with van der Waals surface area (Å²) in [5, 5.41) is 0. The third-order valence-corrected chi connectivity index (χ3v) is 0. The summed E-state index contributed by atoms with van der Waals surface area (Å²) in [6, 6.07) is 0. The quantitative estimate of drug-likeness (QED) is 0.515. The van der Waals surface area contributed by atoms with Gasteiger partial charge in [0.15, 0.2) is 0 Å². The first-order chi connectivity index (χ1) is 1.00. The van der Waals surface area contributed by atoms with Gasteiger partial charge in [-0.05, 0) is 0 Å². The van der Waals surface area contributed by atoms with Crippen LogP contribution in [0, 0.1) is 0 Å². The molecule has 0 aromatic carbocycles. The van der Waals surface area contributed by atoms with Crippen molar-refractivity contribution >= 4 is 49.8 Å². The Morgan fingerprint density at radius 1 is 1.25 bits per heavy atom. The number of hydrogen-bond donors (Lipinski definition) is 0. The van der Waals surface area contributed by atoms with Crippen LogP contribution in [-0.4, -0.2) is 49.8 Å². The fourth-order valence-electron chi connectivity index (χ4n) is 0. The Bertz CT molecular complexity index is 8.00. The van der Waals surface area contributed by atoms with E-state index in [0.717, 1.165) is 0 Å². The topological polar surface area (TPSA) is 17.1 Å². The maximum Gasteiger partial charge on any atom is 0 e. The van der Waals surface area contributed by atoms with Gasteiger partial charge in [0.2, 0.25) is 0 Å².